The number of nitrogens with one attached hydrogen (secondary N) is 3. The van der Waals surface area contributed by atoms with Crippen molar-refractivity contribution >= 4 is 45.5 Å². The van der Waals surface area contributed by atoms with Gasteiger partial charge in [-0.15, -0.1) is 0 Å². The third-order valence-electron chi connectivity index (χ3n) is 6.19. The van der Waals surface area contributed by atoms with E-state index in [9.17, 15) is 4.21 Å². The summed E-state index contributed by atoms with van der Waals surface area (Å²) in [4.78, 5) is 9.75. The zero-order chi connectivity index (χ0) is 26.5. The lowest BCUT2D eigenvalue weighted by Gasteiger charge is -2.27. The monoisotopic (exact) mass is 541 g/mol. The Morgan fingerprint density at radius 1 is 1.11 bits per heavy atom. The van der Waals surface area contributed by atoms with Crippen molar-refractivity contribution in [2.75, 3.05) is 17.2 Å². The van der Waals surface area contributed by atoms with E-state index in [1.165, 1.54) is 24.0 Å². The van der Waals surface area contributed by atoms with E-state index < -0.39 is 10.8 Å². The van der Waals surface area contributed by atoms with Gasteiger partial charge in [-0.1, -0.05) is 44.0 Å². The molecule has 0 amide bonds. The molecule has 1 aromatic heterocycles. The van der Waals surface area contributed by atoms with E-state index >= 15 is 0 Å². The highest BCUT2D eigenvalue weighted by Gasteiger charge is 2.21. The number of rotatable bonds is 9. The Hall–Kier alpha value is -2.68. The number of ether oxygens (including phenoxy) is 1. The van der Waals surface area contributed by atoms with Crippen molar-refractivity contribution in [1.82, 2.24) is 15.3 Å². The molecular formula is C28H36ClN5O2S. The second-order valence-corrected chi connectivity index (χ2v) is 12.2. The van der Waals surface area contributed by atoms with Gasteiger partial charge < -0.3 is 20.7 Å². The predicted octanol–water partition coefficient (Wildman–Crippen LogP) is 7.04. The standard InChI is InChI=1S/C28H36ClN5O2S/c1-17(2)36-25-15-20(22-10-8-9-13-30-22)19(5)14-24(25)33-28-31-16-21(29)27(34-28)32-23-11-6-7-12-26(23)37(35)18(3)4/h6-7,11-12,14-18,22,30H,8-10,13H2,1-5H3,(H2,31,32,33,34). The summed E-state index contributed by atoms with van der Waals surface area (Å²) >= 11 is 6.45. The molecule has 7 nitrogen and oxygen atoms in total. The highest BCUT2D eigenvalue weighted by atomic mass is 35.5. The van der Waals surface area contributed by atoms with Gasteiger partial charge in [0.1, 0.15) is 10.8 Å². The van der Waals surface area contributed by atoms with E-state index in [2.05, 4.69) is 45.0 Å². The number of nitrogens with zero attached hydrogens (tertiary/aromatic N) is 2. The van der Waals surface area contributed by atoms with Gasteiger partial charge >= 0.3 is 0 Å². The molecule has 2 heterocycles. The summed E-state index contributed by atoms with van der Waals surface area (Å²) in [6.07, 6.45) is 5.12. The zero-order valence-electron chi connectivity index (χ0n) is 22.1. The van der Waals surface area contributed by atoms with Gasteiger partial charge in [0.05, 0.1) is 39.4 Å². The fourth-order valence-corrected chi connectivity index (χ4v) is 5.60. The Morgan fingerprint density at radius 2 is 1.89 bits per heavy atom. The first-order valence-electron chi connectivity index (χ1n) is 12.8. The maximum atomic E-state index is 12.8. The fourth-order valence-electron chi connectivity index (χ4n) is 4.41. The van der Waals surface area contributed by atoms with E-state index in [0.717, 1.165) is 24.4 Å². The number of para-hydroxylation sites is 1. The molecule has 0 aliphatic carbocycles. The van der Waals surface area contributed by atoms with E-state index in [0.29, 0.717) is 33.4 Å². The molecule has 0 saturated carbocycles. The summed E-state index contributed by atoms with van der Waals surface area (Å²) in [7, 11) is -1.17. The molecule has 0 spiro atoms. The van der Waals surface area contributed by atoms with Gasteiger partial charge in [0.25, 0.3) is 0 Å². The van der Waals surface area contributed by atoms with Crippen molar-refractivity contribution in [1.29, 1.82) is 0 Å². The van der Waals surface area contributed by atoms with Crippen molar-refractivity contribution in [3.05, 3.63) is 58.7 Å². The largest absolute Gasteiger partial charge is 0.489 e. The predicted molar refractivity (Wildman–Crippen MR) is 153 cm³/mol. The maximum absolute atomic E-state index is 12.8. The van der Waals surface area contributed by atoms with Gasteiger partial charge in [0, 0.05) is 11.3 Å². The topological polar surface area (TPSA) is 88.2 Å². The van der Waals surface area contributed by atoms with Gasteiger partial charge in [0.15, 0.2) is 5.82 Å². The quantitative estimate of drug-likeness (QED) is 0.267. The van der Waals surface area contributed by atoms with Crippen LogP contribution in [0.25, 0.3) is 0 Å². The number of piperidine rings is 1. The summed E-state index contributed by atoms with van der Waals surface area (Å²) in [5.74, 6) is 1.57. The van der Waals surface area contributed by atoms with E-state index in [1.54, 1.807) is 6.20 Å². The molecule has 9 heteroatoms. The zero-order valence-corrected chi connectivity index (χ0v) is 23.7. The molecule has 2 atom stereocenters. The number of hydrogen-bond acceptors (Lipinski definition) is 7. The number of benzene rings is 2. The Kier molecular flexibility index (Phi) is 9.05. The molecule has 0 bridgehead atoms. The minimum Gasteiger partial charge on any atom is -0.489 e. The first kappa shape index (κ1) is 27.4. The van der Waals surface area contributed by atoms with Crippen molar-refractivity contribution < 1.29 is 8.95 Å². The molecule has 4 rings (SSSR count). The summed E-state index contributed by atoms with van der Waals surface area (Å²) in [6, 6.07) is 12.0. The van der Waals surface area contributed by atoms with Crippen LogP contribution in [0.4, 0.5) is 23.1 Å². The van der Waals surface area contributed by atoms with Crippen molar-refractivity contribution in [3.63, 3.8) is 0 Å². The Labute approximate surface area is 227 Å². The van der Waals surface area contributed by atoms with Crippen molar-refractivity contribution in [2.45, 2.75) is 76.2 Å². The maximum Gasteiger partial charge on any atom is 0.229 e. The third kappa shape index (κ3) is 6.80. The summed E-state index contributed by atoms with van der Waals surface area (Å²) < 4.78 is 19.0. The lowest BCUT2D eigenvalue weighted by atomic mass is 9.93. The number of halogens is 1. The minimum atomic E-state index is -1.17. The normalized spacial score (nSPS) is 16.6. The van der Waals surface area contributed by atoms with Gasteiger partial charge in [-0.3, -0.25) is 4.21 Å². The van der Waals surface area contributed by atoms with Crippen LogP contribution >= 0.6 is 11.6 Å². The van der Waals surface area contributed by atoms with Crippen LogP contribution in [0.3, 0.4) is 0 Å². The van der Waals surface area contributed by atoms with Crippen LogP contribution in [0.15, 0.2) is 47.5 Å². The second kappa shape index (κ2) is 12.2. The third-order valence-corrected chi connectivity index (χ3v) is 8.11. The van der Waals surface area contributed by atoms with E-state index in [-0.39, 0.29) is 11.4 Å². The number of aromatic nitrogens is 2. The molecule has 198 valence electrons. The Morgan fingerprint density at radius 3 is 2.59 bits per heavy atom. The summed E-state index contributed by atoms with van der Waals surface area (Å²) in [6.45, 7) is 11.1. The number of aryl methyl sites for hydroxylation is 1. The van der Waals surface area contributed by atoms with Gasteiger partial charge in [0.2, 0.25) is 5.95 Å². The van der Waals surface area contributed by atoms with Crippen molar-refractivity contribution in [3.8, 4) is 5.75 Å². The molecule has 37 heavy (non-hydrogen) atoms. The number of anilines is 4. The van der Waals surface area contributed by atoms with E-state index in [4.69, 9.17) is 16.3 Å². The average molecular weight is 542 g/mol. The van der Waals surface area contributed by atoms with Crippen LogP contribution in [-0.4, -0.2) is 32.1 Å². The first-order chi connectivity index (χ1) is 17.7. The first-order valence-corrected chi connectivity index (χ1v) is 14.4. The molecule has 2 aromatic carbocycles. The van der Waals surface area contributed by atoms with Crippen molar-refractivity contribution in [2.24, 2.45) is 0 Å². The smallest absolute Gasteiger partial charge is 0.229 e. The lowest BCUT2D eigenvalue weighted by molar-refractivity contribution is 0.243. The average Bonchev–Trinajstić information content (AvgIpc) is 2.87. The summed E-state index contributed by atoms with van der Waals surface area (Å²) in [5, 5.41) is 10.6. The van der Waals surface area contributed by atoms with Crippen LogP contribution in [0, 0.1) is 6.92 Å². The lowest BCUT2D eigenvalue weighted by Crippen LogP contribution is -2.27. The highest BCUT2D eigenvalue weighted by Crippen LogP contribution is 2.36. The molecular weight excluding hydrogens is 506 g/mol. The molecule has 1 fully saturated rings. The van der Waals surface area contributed by atoms with Crippen LogP contribution in [-0.2, 0) is 10.8 Å². The van der Waals surface area contributed by atoms with Gasteiger partial charge in [-0.05, 0) is 75.5 Å². The molecule has 0 radical (unpaired) electrons. The number of hydrogen-bond donors (Lipinski definition) is 3. The SMILES string of the molecule is Cc1cc(Nc2ncc(Cl)c(Nc3ccccc3S(=O)C(C)C)n2)c(OC(C)C)cc1C1CCCCN1. The van der Waals surface area contributed by atoms with Gasteiger partial charge in [-0.25, -0.2) is 4.98 Å². The molecule has 1 saturated heterocycles. The van der Waals surface area contributed by atoms with Crippen LogP contribution in [0.5, 0.6) is 5.75 Å². The molecule has 1 aliphatic rings. The van der Waals surface area contributed by atoms with Crippen LogP contribution in [0.2, 0.25) is 5.02 Å². The van der Waals surface area contributed by atoms with Gasteiger partial charge in [-0.2, -0.15) is 4.98 Å². The molecule has 1 aliphatic heterocycles. The van der Waals surface area contributed by atoms with E-state index in [1.807, 2.05) is 52.0 Å². The highest BCUT2D eigenvalue weighted by molar-refractivity contribution is 7.85. The minimum absolute atomic E-state index is 0.0112. The molecule has 3 aromatic rings. The van der Waals surface area contributed by atoms with Crippen LogP contribution in [0.1, 0.15) is 64.1 Å². The summed E-state index contributed by atoms with van der Waals surface area (Å²) in [5.41, 5.74) is 3.93. The van der Waals surface area contributed by atoms with Crippen LogP contribution < -0.4 is 20.7 Å². The fraction of sp³-hybridized carbons (Fsp3) is 0.429. The molecule has 2 unspecified atom stereocenters. The second-order valence-electron chi connectivity index (χ2n) is 9.86. The molecule has 3 N–H and O–H groups in total. The Bertz CT molecular complexity index is 1260. The Balaban J connectivity index is 1.64.